The number of hydrazone groups is 1. The standard InChI is InChI=1S/C24H22N4O3/c1-16-7-11-18(12-8-16)15-25-28-24(31)23(30)27-21-6-4-3-5-20(21)22(29)26-19-13-9-17(2)10-14-19/h3-15H,1-2H3,(H,26,29)(H,27,30)(H,28,31)/b25-15+. The lowest BCUT2D eigenvalue weighted by molar-refractivity contribution is -0.136. The minimum absolute atomic E-state index is 0.217. The van der Waals surface area contributed by atoms with Crippen molar-refractivity contribution in [3.05, 3.63) is 95.1 Å². The SMILES string of the molecule is Cc1ccc(/C=N/NC(=O)C(=O)Nc2ccccc2C(=O)Nc2ccc(C)cc2)cc1. The molecule has 0 atom stereocenters. The summed E-state index contributed by atoms with van der Waals surface area (Å²) in [6.45, 7) is 3.91. The summed E-state index contributed by atoms with van der Waals surface area (Å²) in [6.07, 6.45) is 1.44. The molecule has 0 spiro atoms. The number of carbonyl (C=O) groups is 3. The minimum atomic E-state index is -0.947. The number of nitrogens with one attached hydrogen (secondary N) is 3. The number of aryl methyl sites for hydroxylation is 2. The van der Waals surface area contributed by atoms with Crippen molar-refractivity contribution >= 4 is 35.3 Å². The minimum Gasteiger partial charge on any atom is -0.322 e. The molecule has 0 aliphatic carbocycles. The number of hydrogen-bond donors (Lipinski definition) is 3. The summed E-state index contributed by atoms with van der Waals surface area (Å²) in [6, 6.07) is 21.3. The lowest BCUT2D eigenvalue weighted by Gasteiger charge is -2.11. The second-order valence-corrected chi connectivity index (χ2v) is 6.93. The van der Waals surface area contributed by atoms with Gasteiger partial charge in [0.2, 0.25) is 0 Å². The molecule has 0 fully saturated rings. The van der Waals surface area contributed by atoms with Gasteiger partial charge in [-0.15, -0.1) is 0 Å². The predicted molar refractivity (Wildman–Crippen MR) is 121 cm³/mol. The Bertz CT molecular complexity index is 1120. The molecule has 0 bridgehead atoms. The molecule has 3 rings (SSSR count). The smallest absolute Gasteiger partial charge is 0.322 e. The second kappa shape index (κ2) is 9.98. The normalized spacial score (nSPS) is 10.5. The first kappa shape index (κ1) is 21.4. The Balaban J connectivity index is 1.63. The Morgan fingerprint density at radius 2 is 1.35 bits per heavy atom. The molecule has 0 saturated heterocycles. The summed E-state index contributed by atoms with van der Waals surface area (Å²) in [4.78, 5) is 36.9. The fourth-order valence-corrected chi connectivity index (χ4v) is 2.67. The average molecular weight is 414 g/mol. The molecule has 0 aliphatic rings. The van der Waals surface area contributed by atoms with Gasteiger partial charge in [0.05, 0.1) is 17.5 Å². The molecule has 0 aliphatic heterocycles. The molecule has 0 unspecified atom stereocenters. The van der Waals surface area contributed by atoms with Gasteiger partial charge < -0.3 is 10.6 Å². The first-order chi connectivity index (χ1) is 14.9. The van der Waals surface area contributed by atoms with Gasteiger partial charge in [-0.3, -0.25) is 14.4 Å². The zero-order valence-electron chi connectivity index (χ0n) is 17.2. The number of anilines is 2. The summed E-state index contributed by atoms with van der Waals surface area (Å²) >= 11 is 0. The molecule has 3 aromatic carbocycles. The van der Waals surface area contributed by atoms with E-state index < -0.39 is 17.7 Å². The lowest BCUT2D eigenvalue weighted by atomic mass is 10.1. The maximum Gasteiger partial charge on any atom is 0.329 e. The summed E-state index contributed by atoms with van der Waals surface area (Å²) in [5, 5.41) is 9.02. The molecule has 3 aromatic rings. The van der Waals surface area contributed by atoms with Crippen LogP contribution in [0.2, 0.25) is 0 Å². The first-order valence-electron chi connectivity index (χ1n) is 9.60. The average Bonchev–Trinajstić information content (AvgIpc) is 2.77. The molecule has 0 radical (unpaired) electrons. The van der Waals surface area contributed by atoms with Gasteiger partial charge >= 0.3 is 11.8 Å². The van der Waals surface area contributed by atoms with E-state index in [0.717, 1.165) is 16.7 Å². The van der Waals surface area contributed by atoms with Crippen molar-refractivity contribution in [3.8, 4) is 0 Å². The van der Waals surface area contributed by atoms with Crippen LogP contribution in [-0.2, 0) is 9.59 Å². The van der Waals surface area contributed by atoms with Gasteiger partial charge in [-0.25, -0.2) is 5.43 Å². The highest BCUT2D eigenvalue weighted by Gasteiger charge is 2.17. The van der Waals surface area contributed by atoms with Crippen LogP contribution in [0.4, 0.5) is 11.4 Å². The van der Waals surface area contributed by atoms with Crippen LogP contribution in [0.15, 0.2) is 77.9 Å². The van der Waals surface area contributed by atoms with Gasteiger partial charge in [0, 0.05) is 5.69 Å². The van der Waals surface area contributed by atoms with E-state index in [2.05, 4.69) is 21.2 Å². The van der Waals surface area contributed by atoms with Crippen molar-refractivity contribution in [2.45, 2.75) is 13.8 Å². The zero-order chi connectivity index (χ0) is 22.2. The third-order valence-corrected chi connectivity index (χ3v) is 4.39. The first-order valence-corrected chi connectivity index (χ1v) is 9.60. The van der Waals surface area contributed by atoms with E-state index in [1.165, 1.54) is 6.21 Å². The predicted octanol–water partition coefficient (Wildman–Crippen LogP) is 3.64. The Morgan fingerprint density at radius 3 is 2.03 bits per heavy atom. The maximum absolute atomic E-state index is 12.6. The molecule has 7 nitrogen and oxygen atoms in total. The van der Waals surface area contributed by atoms with E-state index in [4.69, 9.17) is 0 Å². The third-order valence-electron chi connectivity index (χ3n) is 4.39. The van der Waals surface area contributed by atoms with Crippen LogP contribution in [0.1, 0.15) is 27.0 Å². The summed E-state index contributed by atoms with van der Waals surface area (Å²) in [7, 11) is 0. The molecule has 31 heavy (non-hydrogen) atoms. The fourth-order valence-electron chi connectivity index (χ4n) is 2.67. The Labute approximate surface area is 180 Å². The van der Waals surface area contributed by atoms with E-state index in [1.807, 2.05) is 50.2 Å². The number of amides is 3. The van der Waals surface area contributed by atoms with Crippen LogP contribution in [0.3, 0.4) is 0 Å². The number of benzene rings is 3. The van der Waals surface area contributed by atoms with Crippen LogP contribution >= 0.6 is 0 Å². The second-order valence-electron chi connectivity index (χ2n) is 6.93. The van der Waals surface area contributed by atoms with Crippen LogP contribution in [0.5, 0.6) is 0 Å². The molecule has 0 heterocycles. The zero-order valence-corrected chi connectivity index (χ0v) is 17.2. The molecule has 7 heteroatoms. The van der Waals surface area contributed by atoms with E-state index in [0.29, 0.717) is 5.69 Å². The van der Waals surface area contributed by atoms with Gasteiger partial charge in [-0.1, -0.05) is 59.7 Å². The molecule has 156 valence electrons. The highest BCUT2D eigenvalue weighted by molar-refractivity contribution is 6.40. The van der Waals surface area contributed by atoms with E-state index >= 15 is 0 Å². The lowest BCUT2D eigenvalue weighted by Crippen LogP contribution is -2.33. The highest BCUT2D eigenvalue weighted by atomic mass is 16.2. The number of hydrogen-bond acceptors (Lipinski definition) is 4. The monoisotopic (exact) mass is 414 g/mol. The largest absolute Gasteiger partial charge is 0.329 e. The van der Waals surface area contributed by atoms with Gasteiger partial charge in [-0.2, -0.15) is 5.10 Å². The van der Waals surface area contributed by atoms with Gasteiger partial charge in [0.1, 0.15) is 0 Å². The fraction of sp³-hybridized carbons (Fsp3) is 0.0833. The van der Waals surface area contributed by atoms with Crippen LogP contribution in [0, 0.1) is 13.8 Å². The van der Waals surface area contributed by atoms with E-state index in [9.17, 15) is 14.4 Å². The molecule has 3 N–H and O–H groups in total. The Kier molecular flexibility index (Phi) is 6.90. The molecule has 0 aromatic heterocycles. The van der Waals surface area contributed by atoms with Gasteiger partial charge in [0.15, 0.2) is 0 Å². The molecule has 0 saturated carbocycles. The third kappa shape index (κ3) is 6.11. The topological polar surface area (TPSA) is 99.7 Å². The Morgan fingerprint density at radius 1 is 0.742 bits per heavy atom. The van der Waals surface area contributed by atoms with Crippen LogP contribution < -0.4 is 16.1 Å². The van der Waals surface area contributed by atoms with E-state index in [-0.39, 0.29) is 11.3 Å². The van der Waals surface area contributed by atoms with Crippen molar-refractivity contribution < 1.29 is 14.4 Å². The van der Waals surface area contributed by atoms with Gasteiger partial charge in [0.25, 0.3) is 5.91 Å². The van der Waals surface area contributed by atoms with E-state index in [1.54, 1.807) is 36.4 Å². The number of nitrogens with zero attached hydrogens (tertiary/aromatic N) is 1. The van der Waals surface area contributed by atoms with Crippen molar-refractivity contribution in [3.63, 3.8) is 0 Å². The number of para-hydroxylation sites is 1. The van der Waals surface area contributed by atoms with Crippen LogP contribution in [0.25, 0.3) is 0 Å². The van der Waals surface area contributed by atoms with Crippen LogP contribution in [-0.4, -0.2) is 23.9 Å². The molecule has 3 amide bonds. The number of carbonyl (C=O) groups excluding carboxylic acids is 3. The molecular formula is C24H22N4O3. The van der Waals surface area contributed by atoms with Gasteiger partial charge in [-0.05, 0) is 43.7 Å². The highest BCUT2D eigenvalue weighted by Crippen LogP contribution is 2.18. The number of rotatable bonds is 5. The summed E-state index contributed by atoms with van der Waals surface area (Å²) < 4.78 is 0. The molecular weight excluding hydrogens is 392 g/mol. The Hall–Kier alpha value is -4.26. The quantitative estimate of drug-likeness (QED) is 0.338. The summed E-state index contributed by atoms with van der Waals surface area (Å²) in [5.74, 6) is -2.29. The van der Waals surface area contributed by atoms with Crippen molar-refractivity contribution in [2.75, 3.05) is 10.6 Å². The van der Waals surface area contributed by atoms with Crippen molar-refractivity contribution in [1.82, 2.24) is 5.43 Å². The summed E-state index contributed by atoms with van der Waals surface area (Å²) in [5.41, 5.74) is 6.20. The van der Waals surface area contributed by atoms with Crippen molar-refractivity contribution in [2.24, 2.45) is 5.10 Å². The van der Waals surface area contributed by atoms with Crippen molar-refractivity contribution in [1.29, 1.82) is 0 Å². The maximum atomic E-state index is 12.6.